The van der Waals surface area contributed by atoms with E-state index < -0.39 is 0 Å². The van der Waals surface area contributed by atoms with E-state index in [-0.39, 0.29) is 5.41 Å². The summed E-state index contributed by atoms with van der Waals surface area (Å²) in [6, 6.07) is 21.4. The molecule has 1 aliphatic rings. The molecule has 6 heteroatoms. The summed E-state index contributed by atoms with van der Waals surface area (Å²) in [5.41, 5.74) is 8.09. The van der Waals surface area contributed by atoms with Gasteiger partial charge in [-0.2, -0.15) is 0 Å². The van der Waals surface area contributed by atoms with Gasteiger partial charge in [0.15, 0.2) is 0 Å². The number of hydrogen-bond donors (Lipinski definition) is 1. The van der Waals surface area contributed by atoms with Crippen LogP contribution in [0.15, 0.2) is 73.1 Å². The molecule has 6 nitrogen and oxygen atoms in total. The molecule has 0 radical (unpaired) electrons. The Bertz CT molecular complexity index is 1430. The zero-order valence-corrected chi connectivity index (χ0v) is 20.7. The average molecular weight is 465 g/mol. The zero-order valence-electron chi connectivity index (χ0n) is 20.7. The Hall–Kier alpha value is -3.64. The van der Waals surface area contributed by atoms with Gasteiger partial charge in [-0.05, 0) is 35.2 Å². The lowest BCUT2D eigenvalue weighted by Gasteiger charge is -2.35. The molecule has 0 atom stereocenters. The molecule has 0 bridgehead atoms. The number of aromatic nitrogens is 4. The Labute approximate surface area is 206 Å². The predicted octanol–water partition coefficient (Wildman–Crippen LogP) is 5.50. The molecule has 4 heterocycles. The molecule has 1 saturated heterocycles. The molecule has 0 saturated carbocycles. The van der Waals surface area contributed by atoms with Crippen molar-refractivity contribution in [2.45, 2.75) is 32.7 Å². The van der Waals surface area contributed by atoms with Crippen LogP contribution in [0.2, 0.25) is 0 Å². The van der Waals surface area contributed by atoms with Crippen molar-refractivity contribution in [2.75, 3.05) is 31.1 Å². The molecule has 1 aliphatic heterocycles. The van der Waals surface area contributed by atoms with E-state index in [0.29, 0.717) is 0 Å². The number of aromatic amines is 1. The van der Waals surface area contributed by atoms with Gasteiger partial charge < -0.3 is 14.3 Å². The summed E-state index contributed by atoms with van der Waals surface area (Å²) < 4.78 is 2.10. The van der Waals surface area contributed by atoms with Gasteiger partial charge in [0.2, 0.25) is 0 Å². The predicted molar refractivity (Wildman–Crippen MR) is 143 cm³/mol. The molecule has 6 rings (SSSR count). The average Bonchev–Trinajstić information content (AvgIpc) is 3.48. The smallest absolute Gasteiger partial charge is 0.138 e. The molecule has 0 unspecified atom stereocenters. The molecule has 5 aromatic rings. The first-order chi connectivity index (χ1) is 16.9. The van der Waals surface area contributed by atoms with E-state index in [4.69, 9.17) is 9.97 Å². The molecule has 1 fully saturated rings. The second-order valence-electron chi connectivity index (χ2n) is 10.5. The Kier molecular flexibility index (Phi) is 5.33. The molecular formula is C29H32N6. The fourth-order valence-corrected chi connectivity index (χ4v) is 4.98. The Balaban J connectivity index is 1.18. The van der Waals surface area contributed by atoms with Crippen LogP contribution in [0.3, 0.4) is 0 Å². The molecule has 0 aliphatic carbocycles. The number of imidazole rings is 2. The van der Waals surface area contributed by atoms with Crippen molar-refractivity contribution in [1.29, 1.82) is 0 Å². The lowest BCUT2D eigenvalue weighted by atomic mass is 9.87. The fourth-order valence-electron chi connectivity index (χ4n) is 4.98. The van der Waals surface area contributed by atoms with Crippen LogP contribution < -0.4 is 4.90 Å². The van der Waals surface area contributed by atoms with Crippen molar-refractivity contribution in [3.63, 3.8) is 0 Å². The van der Waals surface area contributed by atoms with Crippen molar-refractivity contribution in [1.82, 2.24) is 24.3 Å². The zero-order chi connectivity index (χ0) is 24.0. The van der Waals surface area contributed by atoms with Gasteiger partial charge >= 0.3 is 0 Å². The van der Waals surface area contributed by atoms with Gasteiger partial charge in [-0.1, -0.05) is 57.2 Å². The molecular weight excluding hydrogens is 432 g/mol. The van der Waals surface area contributed by atoms with Gasteiger partial charge in [0.25, 0.3) is 0 Å². The van der Waals surface area contributed by atoms with Crippen LogP contribution in [0, 0.1) is 0 Å². The van der Waals surface area contributed by atoms with Crippen LogP contribution in [0.4, 0.5) is 5.69 Å². The third-order valence-corrected chi connectivity index (χ3v) is 7.03. The van der Waals surface area contributed by atoms with Crippen LogP contribution in [0.25, 0.3) is 28.1 Å². The summed E-state index contributed by atoms with van der Waals surface area (Å²) >= 11 is 0. The lowest BCUT2D eigenvalue weighted by Crippen LogP contribution is -2.46. The number of nitrogens with one attached hydrogen (secondary N) is 1. The highest BCUT2D eigenvalue weighted by Crippen LogP contribution is 2.30. The maximum Gasteiger partial charge on any atom is 0.138 e. The summed E-state index contributed by atoms with van der Waals surface area (Å²) in [5.74, 6) is 0.929. The van der Waals surface area contributed by atoms with Crippen molar-refractivity contribution < 1.29 is 0 Å². The number of piperazine rings is 1. The number of benzene rings is 2. The van der Waals surface area contributed by atoms with Gasteiger partial charge in [-0.15, -0.1) is 0 Å². The van der Waals surface area contributed by atoms with E-state index in [0.717, 1.165) is 66.5 Å². The summed E-state index contributed by atoms with van der Waals surface area (Å²) in [6.45, 7) is 11.6. The van der Waals surface area contributed by atoms with Gasteiger partial charge in [0.1, 0.15) is 17.0 Å². The minimum absolute atomic E-state index is 0.146. The van der Waals surface area contributed by atoms with Crippen molar-refractivity contribution in [3.05, 3.63) is 84.3 Å². The van der Waals surface area contributed by atoms with E-state index in [2.05, 4.69) is 101 Å². The number of para-hydroxylation sites is 1. The van der Waals surface area contributed by atoms with E-state index >= 15 is 0 Å². The molecule has 2 aromatic carbocycles. The largest absolute Gasteiger partial charge is 0.367 e. The summed E-state index contributed by atoms with van der Waals surface area (Å²) in [7, 11) is 0. The minimum Gasteiger partial charge on any atom is -0.367 e. The quantitative estimate of drug-likeness (QED) is 0.382. The second kappa shape index (κ2) is 8.54. The molecule has 0 amide bonds. The normalized spacial score (nSPS) is 15.3. The SMILES string of the molecule is CC(C)(C)c1ccc(-c2nc3c(N4CCN(Cc5cn6ccccc6n5)CC4)cccc3[nH]2)cc1. The third kappa shape index (κ3) is 4.30. The Morgan fingerprint density at radius 1 is 0.857 bits per heavy atom. The first-order valence-corrected chi connectivity index (χ1v) is 12.4. The number of nitrogens with zero attached hydrogens (tertiary/aromatic N) is 5. The summed E-state index contributed by atoms with van der Waals surface area (Å²) in [4.78, 5) is 18.3. The number of anilines is 1. The van der Waals surface area contributed by atoms with Crippen LogP contribution in [-0.4, -0.2) is 50.4 Å². The third-order valence-electron chi connectivity index (χ3n) is 7.03. The summed E-state index contributed by atoms with van der Waals surface area (Å²) in [6.07, 6.45) is 4.20. The standard InChI is InChI=1S/C29H32N6/c1-29(2,3)22-12-10-21(11-13-22)28-31-24-7-6-8-25(27(24)32-28)34-17-15-33(16-18-34)19-23-20-35-14-5-4-9-26(35)30-23/h4-14,20H,15-19H2,1-3H3,(H,31,32). The molecule has 3 aromatic heterocycles. The monoisotopic (exact) mass is 464 g/mol. The lowest BCUT2D eigenvalue weighted by molar-refractivity contribution is 0.247. The molecule has 1 N–H and O–H groups in total. The van der Waals surface area contributed by atoms with Gasteiger partial charge in [-0.3, -0.25) is 4.90 Å². The van der Waals surface area contributed by atoms with Crippen molar-refractivity contribution in [3.8, 4) is 11.4 Å². The first kappa shape index (κ1) is 21.9. The van der Waals surface area contributed by atoms with Gasteiger partial charge in [0, 0.05) is 50.7 Å². The van der Waals surface area contributed by atoms with E-state index in [1.807, 2.05) is 12.1 Å². The van der Waals surface area contributed by atoms with Crippen LogP contribution in [-0.2, 0) is 12.0 Å². The molecule has 0 spiro atoms. The number of hydrogen-bond acceptors (Lipinski definition) is 4. The maximum absolute atomic E-state index is 5.04. The topological polar surface area (TPSA) is 52.5 Å². The second-order valence-corrected chi connectivity index (χ2v) is 10.5. The van der Waals surface area contributed by atoms with Crippen molar-refractivity contribution in [2.24, 2.45) is 0 Å². The van der Waals surface area contributed by atoms with E-state index in [1.54, 1.807) is 0 Å². The highest BCUT2D eigenvalue weighted by molar-refractivity contribution is 5.91. The van der Waals surface area contributed by atoms with Crippen LogP contribution >= 0.6 is 0 Å². The van der Waals surface area contributed by atoms with Crippen LogP contribution in [0.1, 0.15) is 32.0 Å². The number of pyridine rings is 1. The number of rotatable bonds is 4. The van der Waals surface area contributed by atoms with Crippen molar-refractivity contribution >= 4 is 22.4 Å². The Morgan fingerprint density at radius 2 is 1.66 bits per heavy atom. The minimum atomic E-state index is 0.146. The first-order valence-electron chi connectivity index (χ1n) is 12.4. The summed E-state index contributed by atoms with van der Waals surface area (Å²) in [5, 5.41) is 0. The maximum atomic E-state index is 5.04. The van der Waals surface area contributed by atoms with Gasteiger partial charge in [-0.25, -0.2) is 9.97 Å². The highest BCUT2D eigenvalue weighted by Gasteiger charge is 2.21. The number of H-pyrrole nitrogens is 1. The highest BCUT2D eigenvalue weighted by atomic mass is 15.3. The fraction of sp³-hybridized carbons (Fsp3) is 0.310. The van der Waals surface area contributed by atoms with Crippen LogP contribution in [0.5, 0.6) is 0 Å². The molecule has 35 heavy (non-hydrogen) atoms. The van der Waals surface area contributed by atoms with E-state index in [9.17, 15) is 0 Å². The van der Waals surface area contributed by atoms with Gasteiger partial charge in [0.05, 0.1) is 16.9 Å². The number of fused-ring (bicyclic) bond motifs is 2. The Morgan fingerprint density at radius 3 is 2.40 bits per heavy atom. The van der Waals surface area contributed by atoms with E-state index in [1.165, 1.54) is 11.3 Å². The molecule has 178 valence electrons.